The van der Waals surface area contributed by atoms with Crippen LogP contribution in [0.25, 0.3) is 77.2 Å². The first-order valence-electron chi connectivity index (χ1n) is 19.6. The van der Waals surface area contributed by atoms with Crippen molar-refractivity contribution in [2.45, 2.75) is 0 Å². The summed E-state index contributed by atoms with van der Waals surface area (Å²) in [6, 6.07) is 85.6. The lowest BCUT2D eigenvalue weighted by atomic mass is 9.96. The maximum absolute atomic E-state index is 2.34. The molecular formula is C56H39N. The highest BCUT2D eigenvalue weighted by molar-refractivity contribution is 5.93. The largest absolute Gasteiger partial charge is 0.311 e. The Hall–Kier alpha value is -7.48. The zero-order valence-corrected chi connectivity index (χ0v) is 31.5. The van der Waals surface area contributed by atoms with Crippen LogP contribution in [-0.2, 0) is 0 Å². The Morgan fingerprint density at radius 2 is 0.439 bits per heavy atom. The summed E-state index contributed by atoms with van der Waals surface area (Å²) >= 11 is 0. The first-order chi connectivity index (χ1) is 28.2. The van der Waals surface area contributed by atoms with Crippen molar-refractivity contribution in [2.75, 3.05) is 4.90 Å². The minimum atomic E-state index is 1.10. The SMILES string of the molecule is c1ccc(-c2ccc(-c3ccc(N(c4ccc(-c5ccccc5)cc4)c4ccc(-c5ccc6ccc(-c7ccc8ccccc8c7)cc6c5)cc4)cc3)cc2)cc1. The molecule has 0 aliphatic rings. The van der Waals surface area contributed by atoms with E-state index in [0.717, 1.165) is 17.1 Å². The fourth-order valence-electron chi connectivity index (χ4n) is 7.95. The summed E-state index contributed by atoms with van der Waals surface area (Å²) in [5, 5.41) is 4.99. The summed E-state index contributed by atoms with van der Waals surface area (Å²) in [6.07, 6.45) is 0. The molecule has 10 rings (SSSR count). The van der Waals surface area contributed by atoms with Crippen LogP contribution in [0.1, 0.15) is 0 Å². The molecule has 0 amide bonds. The van der Waals surface area contributed by atoms with Crippen molar-refractivity contribution in [1.29, 1.82) is 0 Å². The minimum absolute atomic E-state index is 1.10. The van der Waals surface area contributed by atoms with Crippen molar-refractivity contribution in [3.63, 3.8) is 0 Å². The van der Waals surface area contributed by atoms with Crippen LogP contribution in [0.5, 0.6) is 0 Å². The van der Waals surface area contributed by atoms with Crippen LogP contribution >= 0.6 is 0 Å². The highest BCUT2D eigenvalue weighted by Crippen LogP contribution is 2.38. The topological polar surface area (TPSA) is 3.24 Å². The average Bonchev–Trinajstić information content (AvgIpc) is 3.30. The second kappa shape index (κ2) is 15.0. The molecule has 57 heavy (non-hydrogen) atoms. The first kappa shape index (κ1) is 34.0. The van der Waals surface area contributed by atoms with Crippen molar-refractivity contribution in [2.24, 2.45) is 0 Å². The van der Waals surface area contributed by atoms with Crippen molar-refractivity contribution in [1.82, 2.24) is 0 Å². The summed E-state index contributed by atoms with van der Waals surface area (Å²) in [5.74, 6) is 0. The van der Waals surface area contributed by atoms with Crippen molar-refractivity contribution in [3.05, 3.63) is 237 Å². The minimum Gasteiger partial charge on any atom is -0.311 e. The molecule has 0 aliphatic heterocycles. The van der Waals surface area contributed by atoms with E-state index in [1.165, 1.54) is 77.2 Å². The quantitative estimate of drug-likeness (QED) is 0.151. The Morgan fingerprint density at radius 3 is 0.860 bits per heavy atom. The lowest BCUT2D eigenvalue weighted by Crippen LogP contribution is -2.09. The second-order valence-corrected chi connectivity index (χ2v) is 14.6. The Kier molecular flexibility index (Phi) is 8.95. The molecule has 0 aliphatic carbocycles. The number of anilines is 3. The van der Waals surface area contributed by atoms with Gasteiger partial charge in [0.05, 0.1) is 0 Å². The summed E-state index contributed by atoms with van der Waals surface area (Å²) in [5.41, 5.74) is 15.4. The van der Waals surface area contributed by atoms with Crippen LogP contribution in [-0.4, -0.2) is 0 Å². The van der Waals surface area contributed by atoms with Gasteiger partial charge in [0.1, 0.15) is 0 Å². The molecule has 1 nitrogen and oxygen atoms in total. The van der Waals surface area contributed by atoms with Gasteiger partial charge in [-0.25, -0.2) is 0 Å². The van der Waals surface area contributed by atoms with Gasteiger partial charge in [0.25, 0.3) is 0 Å². The van der Waals surface area contributed by atoms with Gasteiger partial charge in [0.15, 0.2) is 0 Å². The number of benzene rings is 10. The van der Waals surface area contributed by atoms with Crippen LogP contribution in [0.3, 0.4) is 0 Å². The standard InChI is InChI=1S/C56H39N/c1-3-9-40(10-4-1)43-15-17-44(18-16-43)46-27-33-55(34-28-46)57(54-31-25-45(26-32-54)41-11-5-2-6-12-41)56-35-29-47(30-36-56)50-22-20-48-21-24-52(39-53(48)38-50)51-23-19-42-13-7-8-14-49(42)37-51/h1-39H. The number of hydrogen-bond donors (Lipinski definition) is 0. The van der Waals surface area contributed by atoms with Crippen LogP contribution in [0.2, 0.25) is 0 Å². The average molecular weight is 726 g/mol. The van der Waals surface area contributed by atoms with E-state index in [2.05, 4.69) is 241 Å². The molecule has 268 valence electrons. The lowest BCUT2D eigenvalue weighted by Gasteiger charge is -2.26. The molecule has 0 spiro atoms. The molecule has 0 unspecified atom stereocenters. The van der Waals surface area contributed by atoms with Crippen LogP contribution in [0, 0.1) is 0 Å². The van der Waals surface area contributed by atoms with E-state index >= 15 is 0 Å². The number of fused-ring (bicyclic) bond motifs is 2. The van der Waals surface area contributed by atoms with Gasteiger partial charge in [0.2, 0.25) is 0 Å². The predicted octanol–water partition coefficient (Wildman–Crippen LogP) is 15.8. The molecule has 0 saturated carbocycles. The van der Waals surface area contributed by atoms with E-state index in [1.54, 1.807) is 0 Å². The monoisotopic (exact) mass is 725 g/mol. The van der Waals surface area contributed by atoms with E-state index in [0.29, 0.717) is 0 Å². The molecule has 0 N–H and O–H groups in total. The molecule has 10 aromatic carbocycles. The molecule has 0 radical (unpaired) electrons. The molecule has 0 saturated heterocycles. The Labute approximate surface area is 334 Å². The third-order valence-corrected chi connectivity index (χ3v) is 11.1. The zero-order chi connectivity index (χ0) is 38.0. The Balaban J connectivity index is 0.969. The molecule has 0 heterocycles. The van der Waals surface area contributed by atoms with E-state index in [4.69, 9.17) is 0 Å². The van der Waals surface area contributed by atoms with Gasteiger partial charge in [-0.3, -0.25) is 0 Å². The van der Waals surface area contributed by atoms with Gasteiger partial charge >= 0.3 is 0 Å². The summed E-state index contributed by atoms with van der Waals surface area (Å²) in [6.45, 7) is 0. The van der Waals surface area contributed by atoms with Crippen molar-refractivity contribution >= 4 is 38.6 Å². The third kappa shape index (κ3) is 6.99. The second-order valence-electron chi connectivity index (χ2n) is 14.6. The number of nitrogens with zero attached hydrogens (tertiary/aromatic N) is 1. The zero-order valence-electron chi connectivity index (χ0n) is 31.5. The summed E-state index contributed by atoms with van der Waals surface area (Å²) < 4.78 is 0. The van der Waals surface area contributed by atoms with E-state index < -0.39 is 0 Å². The molecule has 1 heteroatoms. The normalized spacial score (nSPS) is 11.2. The van der Waals surface area contributed by atoms with Gasteiger partial charge in [0, 0.05) is 17.1 Å². The summed E-state index contributed by atoms with van der Waals surface area (Å²) in [7, 11) is 0. The van der Waals surface area contributed by atoms with Crippen LogP contribution in [0.4, 0.5) is 17.1 Å². The van der Waals surface area contributed by atoms with Crippen LogP contribution < -0.4 is 4.90 Å². The van der Waals surface area contributed by atoms with Crippen LogP contribution in [0.15, 0.2) is 237 Å². The van der Waals surface area contributed by atoms with E-state index in [-0.39, 0.29) is 0 Å². The lowest BCUT2D eigenvalue weighted by molar-refractivity contribution is 1.28. The molecular weight excluding hydrogens is 687 g/mol. The van der Waals surface area contributed by atoms with Gasteiger partial charge in [-0.2, -0.15) is 0 Å². The molecule has 0 fully saturated rings. The molecule has 0 aromatic heterocycles. The van der Waals surface area contributed by atoms with Gasteiger partial charge in [-0.1, -0.05) is 182 Å². The molecule has 0 atom stereocenters. The third-order valence-electron chi connectivity index (χ3n) is 11.1. The highest BCUT2D eigenvalue weighted by atomic mass is 15.1. The highest BCUT2D eigenvalue weighted by Gasteiger charge is 2.14. The van der Waals surface area contributed by atoms with Gasteiger partial charge in [-0.05, 0) is 132 Å². The first-order valence-corrected chi connectivity index (χ1v) is 19.6. The summed E-state index contributed by atoms with van der Waals surface area (Å²) in [4.78, 5) is 2.34. The fourth-order valence-corrected chi connectivity index (χ4v) is 7.95. The maximum Gasteiger partial charge on any atom is 0.0462 e. The smallest absolute Gasteiger partial charge is 0.0462 e. The number of hydrogen-bond acceptors (Lipinski definition) is 1. The fraction of sp³-hybridized carbons (Fsp3) is 0. The number of rotatable bonds is 8. The predicted molar refractivity (Wildman–Crippen MR) is 243 cm³/mol. The van der Waals surface area contributed by atoms with Crippen molar-refractivity contribution < 1.29 is 0 Å². The Morgan fingerprint density at radius 1 is 0.175 bits per heavy atom. The van der Waals surface area contributed by atoms with Gasteiger partial charge in [-0.15, -0.1) is 0 Å². The maximum atomic E-state index is 2.34. The van der Waals surface area contributed by atoms with E-state index in [9.17, 15) is 0 Å². The van der Waals surface area contributed by atoms with Crippen molar-refractivity contribution in [3.8, 4) is 55.6 Å². The molecule has 10 aromatic rings. The van der Waals surface area contributed by atoms with Gasteiger partial charge < -0.3 is 4.90 Å². The van der Waals surface area contributed by atoms with E-state index in [1.807, 2.05) is 0 Å². The molecule has 0 bridgehead atoms. The Bertz CT molecular complexity index is 2950.